The Kier molecular flexibility index (Phi) is 5.71. The second kappa shape index (κ2) is 7.74. The van der Waals surface area contributed by atoms with Gasteiger partial charge in [-0.3, -0.25) is 9.59 Å². The first kappa shape index (κ1) is 17.0. The molecule has 120 valence electrons. The van der Waals surface area contributed by atoms with Crippen molar-refractivity contribution in [2.24, 2.45) is 0 Å². The molecule has 0 heterocycles. The Balaban J connectivity index is 1.94. The summed E-state index contributed by atoms with van der Waals surface area (Å²) in [6.45, 7) is 0. The summed E-state index contributed by atoms with van der Waals surface area (Å²) >= 11 is 5.59. The summed E-state index contributed by atoms with van der Waals surface area (Å²) < 4.78 is 13.3. The van der Waals surface area contributed by atoms with Crippen molar-refractivity contribution in [3.8, 4) is 0 Å². The quantitative estimate of drug-likeness (QED) is 0.880. The molecule has 0 spiro atoms. The summed E-state index contributed by atoms with van der Waals surface area (Å²) in [4.78, 5) is 23.5. The minimum absolute atomic E-state index is 0.00835. The van der Waals surface area contributed by atoms with Crippen molar-refractivity contribution in [1.29, 1.82) is 0 Å². The number of hydrogen-bond acceptors (Lipinski definition) is 2. The zero-order valence-electron chi connectivity index (χ0n) is 12.5. The number of halogens is 2. The highest BCUT2D eigenvalue weighted by atomic mass is 35.5. The Hall–Kier alpha value is -2.40. The second-order valence-electron chi connectivity index (χ2n) is 4.96. The summed E-state index contributed by atoms with van der Waals surface area (Å²) in [6.07, 6.45) is 0.703. The van der Waals surface area contributed by atoms with E-state index in [4.69, 9.17) is 11.6 Å². The van der Waals surface area contributed by atoms with Gasteiger partial charge in [0, 0.05) is 24.7 Å². The number of carbonyl (C=O) groups excluding carboxylic acids is 2. The molecule has 0 aliphatic carbocycles. The number of rotatable bonds is 5. The molecule has 0 unspecified atom stereocenters. The Morgan fingerprint density at radius 1 is 1.17 bits per heavy atom. The molecule has 2 N–H and O–H groups in total. The third-order valence-corrected chi connectivity index (χ3v) is 3.57. The summed E-state index contributed by atoms with van der Waals surface area (Å²) in [7, 11) is 1.56. The zero-order valence-corrected chi connectivity index (χ0v) is 13.3. The van der Waals surface area contributed by atoms with Gasteiger partial charge in [-0.1, -0.05) is 23.7 Å². The average Bonchev–Trinajstić information content (AvgIpc) is 2.56. The van der Waals surface area contributed by atoms with E-state index < -0.39 is 5.82 Å². The molecule has 0 bridgehead atoms. The van der Waals surface area contributed by atoms with Crippen molar-refractivity contribution in [2.75, 3.05) is 12.4 Å². The number of carbonyl (C=O) groups is 2. The van der Waals surface area contributed by atoms with Crippen LogP contribution in [0.5, 0.6) is 0 Å². The van der Waals surface area contributed by atoms with Crippen LogP contribution in [0.4, 0.5) is 10.1 Å². The number of aryl methyl sites for hydroxylation is 1. The smallest absolute Gasteiger partial charge is 0.251 e. The van der Waals surface area contributed by atoms with Gasteiger partial charge >= 0.3 is 0 Å². The maximum Gasteiger partial charge on any atom is 0.251 e. The summed E-state index contributed by atoms with van der Waals surface area (Å²) in [5.74, 6) is -0.993. The second-order valence-corrected chi connectivity index (χ2v) is 5.36. The van der Waals surface area contributed by atoms with Gasteiger partial charge in [-0.05, 0) is 42.3 Å². The van der Waals surface area contributed by atoms with Crippen LogP contribution in [0, 0.1) is 5.82 Å². The molecule has 2 amide bonds. The van der Waals surface area contributed by atoms with Crippen LogP contribution in [-0.4, -0.2) is 18.9 Å². The molecule has 4 nitrogen and oxygen atoms in total. The first-order chi connectivity index (χ1) is 11.0. The van der Waals surface area contributed by atoms with Gasteiger partial charge in [-0.15, -0.1) is 0 Å². The normalized spacial score (nSPS) is 10.2. The molecule has 0 atom stereocenters. The molecule has 6 heteroatoms. The van der Waals surface area contributed by atoms with Crippen molar-refractivity contribution < 1.29 is 14.0 Å². The highest BCUT2D eigenvalue weighted by Gasteiger charge is 2.08. The van der Waals surface area contributed by atoms with E-state index in [1.807, 2.05) is 6.07 Å². The van der Waals surface area contributed by atoms with E-state index in [1.54, 1.807) is 25.2 Å². The number of hydrogen-bond donors (Lipinski definition) is 2. The summed E-state index contributed by atoms with van der Waals surface area (Å²) in [5, 5.41) is 5.17. The molecule has 23 heavy (non-hydrogen) atoms. The predicted octanol–water partition coefficient (Wildman–Crippen LogP) is 3.41. The van der Waals surface area contributed by atoms with Crippen LogP contribution < -0.4 is 10.6 Å². The van der Waals surface area contributed by atoms with Crippen LogP contribution in [0.2, 0.25) is 5.02 Å². The molecule has 2 aromatic rings. The molecule has 0 aromatic heterocycles. The van der Waals surface area contributed by atoms with E-state index in [9.17, 15) is 14.0 Å². The van der Waals surface area contributed by atoms with Gasteiger partial charge in [-0.25, -0.2) is 4.39 Å². The van der Waals surface area contributed by atoms with Crippen LogP contribution in [0.15, 0.2) is 42.5 Å². The monoisotopic (exact) mass is 334 g/mol. The lowest BCUT2D eigenvalue weighted by Gasteiger charge is -2.07. The third-order valence-electron chi connectivity index (χ3n) is 3.26. The summed E-state index contributed by atoms with van der Waals surface area (Å²) in [5.41, 5.74) is 1.78. The van der Waals surface area contributed by atoms with Gasteiger partial charge in [0.15, 0.2) is 0 Å². The Labute approximate surface area is 138 Å². The van der Waals surface area contributed by atoms with Crippen LogP contribution in [0.3, 0.4) is 0 Å². The largest absolute Gasteiger partial charge is 0.355 e. The lowest BCUT2D eigenvalue weighted by molar-refractivity contribution is -0.116. The first-order valence-electron chi connectivity index (χ1n) is 7.05. The molecule has 2 aromatic carbocycles. The fourth-order valence-electron chi connectivity index (χ4n) is 2.07. The third kappa shape index (κ3) is 4.79. The standard InChI is InChI=1S/C17H16ClFN2O2/c1-20-17(23)12-4-2-3-11(9-12)5-8-16(22)21-13-6-7-14(18)15(19)10-13/h2-4,6-7,9-10H,5,8H2,1H3,(H,20,23)(H,21,22). The van der Waals surface area contributed by atoms with Gasteiger partial charge in [0.25, 0.3) is 5.91 Å². The van der Waals surface area contributed by atoms with Crippen LogP contribution in [-0.2, 0) is 11.2 Å². The van der Waals surface area contributed by atoms with E-state index in [0.29, 0.717) is 17.7 Å². The molecular formula is C17H16ClFN2O2. The van der Waals surface area contributed by atoms with Crippen LogP contribution in [0.1, 0.15) is 22.3 Å². The number of anilines is 1. The van der Waals surface area contributed by atoms with Crippen molar-refractivity contribution in [3.63, 3.8) is 0 Å². The van der Waals surface area contributed by atoms with E-state index in [0.717, 1.165) is 5.56 Å². The molecule has 0 fully saturated rings. The van der Waals surface area contributed by atoms with Gasteiger partial charge < -0.3 is 10.6 Å². The lowest BCUT2D eigenvalue weighted by atomic mass is 10.1. The van der Waals surface area contributed by atoms with Gasteiger partial charge in [0.2, 0.25) is 5.91 Å². The average molecular weight is 335 g/mol. The molecular weight excluding hydrogens is 319 g/mol. The fraction of sp³-hybridized carbons (Fsp3) is 0.176. The van der Waals surface area contributed by atoms with Gasteiger partial charge in [-0.2, -0.15) is 0 Å². The van der Waals surface area contributed by atoms with Gasteiger partial charge in [0.05, 0.1) is 5.02 Å². The summed E-state index contributed by atoms with van der Waals surface area (Å²) in [6, 6.07) is 11.2. The maximum absolute atomic E-state index is 13.3. The van der Waals surface area contributed by atoms with Crippen LogP contribution in [0.25, 0.3) is 0 Å². The zero-order chi connectivity index (χ0) is 16.8. The molecule has 0 aliphatic heterocycles. The minimum atomic E-state index is -0.581. The van der Waals surface area contributed by atoms with E-state index in [2.05, 4.69) is 10.6 Å². The van der Waals surface area contributed by atoms with Crippen molar-refractivity contribution >= 4 is 29.1 Å². The highest BCUT2D eigenvalue weighted by molar-refractivity contribution is 6.30. The Bertz CT molecular complexity index is 734. The Morgan fingerprint density at radius 3 is 2.65 bits per heavy atom. The predicted molar refractivity (Wildman–Crippen MR) is 88.2 cm³/mol. The fourth-order valence-corrected chi connectivity index (χ4v) is 2.19. The molecule has 0 aliphatic rings. The molecule has 0 saturated carbocycles. The molecule has 0 saturated heterocycles. The SMILES string of the molecule is CNC(=O)c1cccc(CCC(=O)Nc2ccc(Cl)c(F)c2)c1. The molecule has 0 radical (unpaired) electrons. The lowest BCUT2D eigenvalue weighted by Crippen LogP contribution is -2.18. The van der Waals surface area contributed by atoms with Crippen molar-refractivity contribution in [1.82, 2.24) is 5.32 Å². The highest BCUT2D eigenvalue weighted by Crippen LogP contribution is 2.19. The van der Waals surface area contributed by atoms with Crippen LogP contribution >= 0.6 is 11.6 Å². The van der Waals surface area contributed by atoms with E-state index in [1.165, 1.54) is 18.2 Å². The number of amides is 2. The maximum atomic E-state index is 13.3. The molecule has 2 rings (SSSR count). The first-order valence-corrected chi connectivity index (χ1v) is 7.43. The van der Waals surface area contributed by atoms with Crippen molar-refractivity contribution in [3.05, 3.63) is 64.4 Å². The van der Waals surface area contributed by atoms with Crippen molar-refractivity contribution in [2.45, 2.75) is 12.8 Å². The van der Waals surface area contributed by atoms with E-state index >= 15 is 0 Å². The van der Waals surface area contributed by atoms with E-state index in [-0.39, 0.29) is 23.3 Å². The number of nitrogens with one attached hydrogen (secondary N) is 2. The Morgan fingerprint density at radius 2 is 1.96 bits per heavy atom. The number of benzene rings is 2. The van der Waals surface area contributed by atoms with Gasteiger partial charge in [0.1, 0.15) is 5.82 Å². The minimum Gasteiger partial charge on any atom is -0.355 e. The topological polar surface area (TPSA) is 58.2 Å².